The lowest BCUT2D eigenvalue weighted by atomic mass is 10.1. The number of benzene rings is 2. The number of halogens is 3. The zero-order valence-corrected chi connectivity index (χ0v) is 19.1. The van der Waals surface area contributed by atoms with E-state index in [2.05, 4.69) is 37.6 Å². The number of carbonyl (C=O) groups excluding carboxylic acids is 1. The minimum Gasteiger partial charge on any atom is -0.494 e. The maximum atomic E-state index is 14.7. The van der Waals surface area contributed by atoms with Gasteiger partial charge in [0.25, 0.3) is 0 Å². The van der Waals surface area contributed by atoms with Crippen molar-refractivity contribution in [3.8, 4) is 16.9 Å². The molecule has 2 heterocycles. The Kier molecular flexibility index (Phi) is 6.86. The van der Waals surface area contributed by atoms with E-state index >= 15 is 0 Å². The van der Waals surface area contributed by atoms with Gasteiger partial charge in [-0.25, -0.2) is 13.8 Å². The molecule has 2 aromatic carbocycles. The molecular weight excluding hydrogens is 475 g/mol. The number of methoxy groups -OCH3 is 1. The average Bonchev–Trinajstić information content (AvgIpc) is 3.27. The summed E-state index contributed by atoms with van der Waals surface area (Å²) in [7, 11) is 2.94. The van der Waals surface area contributed by atoms with Gasteiger partial charge in [-0.3, -0.25) is 9.48 Å². The number of amides is 1. The highest BCUT2D eigenvalue weighted by Crippen LogP contribution is 2.35. The molecule has 0 fully saturated rings. The topological polar surface area (TPSA) is 106 Å². The maximum absolute atomic E-state index is 14.7. The molecule has 0 bridgehead atoms. The van der Waals surface area contributed by atoms with E-state index < -0.39 is 23.4 Å². The van der Waals surface area contributed by atoms with Crippen LogP contribution in [0, 0.1) is 17.5 Å². The smallest absolute Gasteiger partial charge is 0.247 e. The fourth-order valence-corrected chi connectivity index (χ4v) is 3.25. The van der Waals surface area contributed by atoms with E-state index in [1.54, 1.807) is 24.1 Å². The molecule has 0 aliphatic carbocycles. The zero-order valence-electron chi connectivity index (χ0n) is 19.1. The van der Waals surface area contributed by atoms with Crippen LogP contribution in [0.15, 0.2) is 61.6 Å². The number of carbonyl (C=O) groups is 1. The lowest BCUT2D eigenvalue weighted by Gasteiger charge is -2.15. The minimum absolute atomic E-state index is 0.0429. The first-order chi connectivity index (χ1) is 17.3. The van der Waals surface area contributed by atoms with E-state index in [4.69, 9.17) is 4.74 Å². The van der Waals surface area contributed by atoms with Crippen LogP contribution in [0.5, 0.6) is 5.75 Å². The number of aromatic nitrogens is 4. The van der Waals surface area contributed by atoms with Crippen LogP contribution in [0.1, 0.15) is 0 Å². The van der Waals surface area contributed by atoms with Gasteiger partial charge in [-0.1, -0.05) is 6.58 Å². The summed E-state index contributed by atoms with van der Waals surface area (Å²) in [5.41, 5.74) is 1.24. The average molecular weight is 495 g/mol. The maximum Gasteiger partial charge on any atom is 0.247 e. The molecule has 0 spiro atoms. The summed E-state index contributed by atoms with van der Waals surface area (Å²) in [5.74, 6) is -3.56. The number of aryl methyl sites for hydroxylation is 1. The lowest BCUT2D eigenvalue weighted by Crippen LogP contribution is -2.08. The summed E-state index contributed by atoms with van der Waals surface area (Å²) in [6.07, 6.45) is 5.68. The molecule has 4 rings (SSSR count). The van der Waals surface area contributed by atoms with Gasteiger partial charge >= 0.3 is 0 Å². The van der Waals surface area contributed by atoms with Crippen LogP contribution in [-0.2, 0) is 11.8 Å². The Hall–Kier alpha value is -4.87. The Labute approximate surface area is 203 Å². The number of hydrogen-bond donors (Lipinski definition) is 3. The molecule has 1 amide bonds. The Morgan fingerprint density at radius 1 is 1.08 bits per heavy atom. The Morgan fingerprint density at radius 2 is 1.89 bits per heavy atom. The Balaban J connectivity index is 1.79. The molecule has 12 heteroatoms. The second-order valence-electron chi connectivity index (χ2n) is 7.47. The zero-order chi connectivity index (χ0) is 25.8. The molecule has 0 saturated carbocycles. The molecule has 0 unspecified atom stereocenters. The third-order valence-corrected chi connectivity index (χ3v) is 4.95. The second-order valence-corrected chi connectivity index (χ2v) is 7.47. The first kappa shape index (κ1) is 24.3. The van der Waals surface area contributed by atoms with E-state index in [1.807, 2.05) is 0 Å². The molecule has 2 aromatic heterocycles. The molecule has 0 aliphatic heterocycles. The fraction of sp³-hybridized carbons (Fsp3) is 0.0833. The van der Waals surface area contributed by atoms with Crippen LogP contribution in [0.4, 0.5) is 42.0 Å². The van der Waals surface area contributed by atoms with Crippen LogP contribution < -0.4 is 20.7 Å². The monoisotopic (exact) mass is 495 g/mol. The van der Waals surface area contributed by atoms with Crippen molar-refractivity contribution in [2.75, 3.05) is 23.1 Å². The van der Waals surface area contributed by atoms with Crippen LogP contribution >= 0.6 is 0 Å². The van der Waals surface area contributed by atoms with Crippen LogP contribution in [0.2, 0.25) is 0 Å². The number of ether oxygens (including phenoxy) is 1. The molecule has 36 heavy (non-hydrogen) atoms. The molecule has 0 saturated heterocycles. The van der Waals surface area contributed by atoms with Crippen LogP contribution in [0.3, 0.4) is 0 Å². The van der Waals surface area contributed by atoms with E-state index in [0.717, 1.165) is 18.2 Å². The van der Waals surface area contributed by atoms with Gasteiger partial charge in [-0.05, 0) is 42.0 Å². The highest BCUT2D eigenvalue weighted by atomic mass is 19.2. The number of anilines is 5. The van der Waals surface area contributed by atoms with Crippen molar-refractivity contribution in [2.45, 2.75) is 0 Å². The van der Waals surface area contributed by atoms with Crippen molar-refractivity contribution in [1.29, 1.82) is 0 Å². The van der Waals surface area contributed by atoms with Crippen molar-refractivity contribution in [3.63, 3.8) is 0 Å². The quantitative estimate of drug-likeness (QED) is 0.298. The predicted octanol–water partition coefficient (Wildman–Crippen LogP) is 4.91. The van der Waals surface area contributed by atoms with E-state index in [0.29, 0.717) is 11.4 Å². The van der Waals surface area contributed by atoms with Crippen molar-refractivity contribution < 1.29 is 22.7 Å². The van der Waals surface area contributed by atoms with E-state index in [9.17, 15) is 18.0 Å². The number of rotatable bonds is 8. The van der Waals surface area contributed by atoms with Crippen molar-refractivity contribution in [1.82, 2.24) is 19.7 Å². The highest BCUT2D eigenvalue weighted by molar-refractivity contribution is 5.99. The first-order valence-electron chi connectivity index (χ1n) is 10.4. The predicted molar refractivity (Wildman–Crippen MR) is 129 cm³/mol. The third kappa shape index (κ3) is 5.27. The molecule has 0 radical (unpaired) electrons. The van der Waals surface area contributed by atoms with Crippen LogP contribution in [0.25, 0.3) is 11.1 Å². The Morgan fingerprint density at radius 3 is 2.58 bits per heavy atom. The summed E-state index contributed by atoms with van der Waals surface area (Å²) in [6.45, 7) is 3.38. The second kappa shape index (κ2) is 10.2. The molecule has 0 aliphatic rings. The molecule has 9 nitrogen and oxygen atoms in total. The van der Waals surface area contributed by atoms with Crippen molar-refractivity contribution in [2.24, 2.45) is 7.05 Å². The first-order valence-corrected chi connectivity index (χ1v) is 10.4. The van der Waals surface area contributed by atoms with Crippen LogP contribution in [-0.4, -0.2) is 32.8 Å². The van der Waals surface area contributed by atoms with E-state index in [1.165, 1.54) is 31.5 Å². The molecule has 4 aromatic rings. The van der Waals surface area contributed by atoms with Gasteiger partial charge in [0.2, 0.25) is 17.7 Å². The van der Waals surface area contributed by atoms with Gasteiger partial charge in [0, 0.05) is 30.7 Å². The fourth-order valence-electron chi connectivity index (χ4n) is 3.25. The van der Waals surface area contributed by atoms with Gasteiger partial charge in [0.1, 0.15) is 11.6 Å². The van der Waals surface area contributed by atoms with Crippen molar-refractivity contribution in [3.05, 3.63) is 79.0 Å². The lowest BCUT2D eigenvalue weighted by molar-refractivity contribution is -0.111. The summed E-state index contributed by atoms with van der Waals surface area (Å²) in [6, 6.07) is 6.10. The summed E-state index contributed by atoms with van der Waals surface area (Å²) >= 11 is 0. The summed E-state index contributed by atoms with van der Waals surface area (Å²) in [4.78, 5) is 20.3. The normalized spacial score (nSPS) is 10.6. The van der Waals surface area contributed by atoms with E-state index in [-0.39, 0.29) is 34.3 Å². The minimum atomic E-state index is -1.15. The molecule has 184 valence electrons. The number of nitrogens with zero attached hydrogens (tertiary/aromatic N) is 4. The summed E-state index contributed by atoms with van der Waals surface area (Å²) in [5, 5.41) is 12.4. The number of hydrogen-bond acceptors (Lipinski definition) is 7. The summed E-state index contributed by atoms with van der Waals surface area (Å²) < 4.78 is 49.5. The highest BCUT2D eigenvalue weighted by Gasteiger charge is 2.18. The van der Waals surface area contributed by atoms with Gasteiger partial charge in [-0.15, -0.1) is 0 Å². The molecule has 0 atom stereocenters. The Bertz CT molecular complexity index is 1460. The largest absolute Gasteiger partial charge is 0.494 e. The van der Waals surface area contributed by atoms with Crippen molar-refractivity contribution >= 4 is 34.7 Å². The number of nitrogens with one attached hydrogen (secondary N) is 3. The van der Waals surface area contributed by atoms with Gasteiger partial charge in [0.15, 0.2) is 11.6 Å². The third-order valence-electron chi connectivity index (χ3n) is 4.95. The SMILES string of the molecule is C=CC(=O)Nc1ccc(F)c(Nc2nc(Nc3cnn(C)c3)ncc2-c2cc(F)c(F)c(OC)c2)c1. The standard InChI is InChI=1S/C24H20F3N7O2/c1-4-21(35)30-14-5-6-17(25)19(9-14)32-23-16(13-7-18(26)22(27)20(8-13)36-3)11-28-24(33-23)31-15-10-29-34(2)12-15/h4-12H,1H2,2-3H3,(H,30,35)(H2,28,31,32,33). The van der Waals surface area contributed by atoms with Gasteiger partial charge < -0.3 is 20.7 Å². The molecular formula is C24H20F3N7O2. The van der Waals surface area contributed by atoms with Gasteiger partial charge in [0.05, 0.1) is 24.7 Å². The van der Waals surface area contributed by atoms with Gasteiger partial charge in [-0.2, -0.15) is 14.5 Å². The molecule has 3 N–H and O–H groups in total.